The zero-order valence-electron chi connectivity index (χ0n) is 13.2. The quantitative estimate of drug-likeness (QED) is 0.143. The second kappa shape index (κ2) is 9.47. The molecular weight excluding hydrogens is 317 g/mol. The molecule has 1 aromatic carbocycles. The Morgan fingerprint density at radius 2 is 1.35 bits per heavy atom. The maximum atomic E-state index is 13.4. The fourth-order valence-electron chi connectivity index (χ4n) is 2.01. The Kier molecular flexibility index (Phi) is 7.98. The summed E-state index contributed by atoms with van der Waals surface area (Å²) in [4.78, 5) is 4.72. The van der Waals surface area contributed by atoms with Crippen LogP contribution in [0.2, 0.25) is 0 Å². The number of hydrogen-bond donors (Lipinski definition) is 0. The number of halogens is 5. The largest absolute Gasteiger partial charge is 0.391 e. The first-order valence-electron chi connectivity index (χ1n) is 7.55. The van der Waals surface area contributed by atoms with E-state index in [9.17, 15) is 22.0 Å². The van der Waals surface area contributed by atoms with Crippen molar-refractivity contribution in [3.05, 3.63) is 34.6 Å². The highest BCUT2D eigenvalue weighted by Crippen LogP contribution is 2.23. The van der Waals surface area contributed by atoms with Gasteiger partial charge in [0.2, 0.25) is 5.82 Å². The molecule has 0 aromatic heterocycles. The highest BCUT2D eigenvalue weighted by atomic mass is 19.2. The SMILES string of the molecule is CCCCCCC/C(C)=N\OCc1c(F)c(F)c(F)c(F)c1F. The molecule has 0 radical (unpaired) electrons. The first-order valence-corrected chi connectivity index (χ1v) is 7.55. The van der Waals surface area contributed by atoms with Gasteiger partial charge in [0.1, 0.15) is 6.61 Å². The van der Waals surface area contributed by atoms with Crippen molar-refractivity contribution in [1.29, 1.82) is 0 Å². The fourth-order valence-corrected chi connectivity index (χ4v) is 2.01. The molecule has 0 fully saturated rings. The summed E-state index contributed by atoms with van der Waals surface area (Å²) < 4.78 is 65.7. The molecule has 0 unspecified atom stereocenters. The molecule has 130 valence electrons. The van der Waals surface area contributed by atoms with Crippen molar-refractivity contribution in [2.45, 2.75) is 59.0 Å². The lowest BCUT2D eigenvalue weighted by molar-refractivity contribution is 0.122. The zero-order chi connectivity index (χ0) is 17.4. The van der Waals surface area contributed by atoms with Crippen LogP contribution in [-0.2, 0) is 11.4 Å². The smallest absolute Gasteiger partial charge is 0.200 e. The van der Waals surface area contributed by atoms with Crippen molar-refractivity contribution >= 4 is 5.71 Å². The van der Waals surface area contributed by atoms with Crippen molar-refractivity contribution in [1.82, 2.24) is 0 Å². The molecule has 0 aliphatic heterocycles. The van der Waals surface area contributed by atoms with Crippen LogP contribution in [0.4, 0.5) is 22.0 Å². The van der Waals surface area contributed by atoms with Crippen molar-refractivity contribution in [2.24, 2.45) is 5.16 Å². The monoisotopic (exact) mass is 337 g/mol. The zero-order valence-corrected chi connectivity index (χ0v) is 13.2. The molecule has 1 aromatic rings. The molecule has 0 aliphatic carbocycles. The summed E-state index contributed by atoms with van der Waals surface area (Å²) in [6.07, 6.45) is 6.01. The van der Waals surface area contributed by atoms with E-state index in [1.54, 1.807) is 6.92 Å². The van der Waals surface area contributed by atoms with Gasteiger partial charge in [-0.3, -0.25) is 0 Å². The molecule has 0 saturated carbocycles. The summed E-state index contributed by atoms with van der Waals surface area (Å²) in [6.45, 7) is 2.97. The molecule has 0 atom stereocenters. The Morgan fingerprint density at radius 3 is 1.91 bits per heavy atom. The van der Waals surface area contributed by atoms with Gasteiger partial charge in [0.05, 0.1) is 11.3 Å². The van der Waals surface area contributed by atoms with Crippen molar-refractivity contribution in [2.75, 3.05) is 0 Å². The fraction of sp³-hybridized carbons (Fsp3) is 0.562. The lowest BCUT2D eigenvalue weighted by atomic mass is 10.1. The standard InChI is InChI=1S/C16H20F5NO/c1-3-4-5-6-7-8-10(2)22-23-9-11-12(17)14(19)16(21)15(20)13(11)18/h3-9H2,1-2H3/b22-10-. The third kappa shape index (κ3) is 5.48. The molecule has 0 saturated heterocycles. The molecule has 0 spiro atoms. The van der Waals surface area contributed by atoms with Crippen LogP contribution in [0.15, 0.2) is 5.16 Å². The highest BCUT2D eigenvalue weighted by Gasteiger charge is 2.25. The van der Waals surface area contributed by atoms with Gasteiger partial charge in [-0.2, -0.15) is 0 Å². The normalized spacial score (nSPS) is 11.9. The molecule has 7 heteroatoms. The molecule has 0 N–H and O–H groups in total. The van der Waals surface area contributed by atoms with Gasteiger partial charge in [-0.25, -0.2) is 22.0 Å². The van der Waals surface area contributed by atoms with Gasteiger partial charge in [0.15, 0.2) is 23.3 Å². The van der Waals surface area contributed by atoms with E-state index in [0.717, 1.165) is 32.1 Å². The van der Waals surface area contributed by atoms with Crippen molar-refractivity contribution in [3.63, 3.8) is 0 Å². The van der Waals surface area contributed by atoms with Gasteiger partial charge in [-0.15, -0.1) is 0 Å². The predicted molar refractivity (Wildman–Crippen MR) is 77.5 cm³/mol. The van der Waals surface area contributed by atoms with Gasteiger partial charge in [0, 0.05) is 0 Å². The van der Waals surface area contributed by atoms with Crippen molar-refractivity contribution < 1.29 is 26.8 Å². The number of oxime groups is 1. The second-order valence-electron chi connectivity index (χ2n) is 5.31. The van der Waals surface area contributed by atoms with Crippen LogP contribution in [0.3, 0.4) is 0 Å². The Morgan fingerprint density at radius 1 is 0.826 bits per heavy atom. The van der Waals surface area contributed by atoms with E-state index in [0.29, 0.717) is 12.1 Å². The first kappa shape index (κ1) is 19.4. The molecule has 0 amide bonds. The minimum absolute atomic E-state index is 0.602. The van der Waals surface area contributed by atoms with Crippen LogP contribution in [0.5, 0.6) is 0 Å². The lowest BCUT2D eigenvalue weighted by Crippen LogP contribution is -2.08. The van der Waals surface area contributed by atoms with E-state index in [1.165, 1.54) is 0 Å². The van der Waals surface area contributed by atoms with E-state index in [2.05, 4.69) is 12.1 Å². The number of benzene rings is 1. The summed E-state index contributed by atoms with van der Waals surface area (Å²) in [6, 6.07) is 0. The van der Waals surface area contributed by atoms with Crippen LogP contribution in [0, 0.1) is 29.1 Å². The number of nitrogens with zero attached hydrogens (tertiary/aromatic N) is 1. The average Bonchev–Trinajstić information content (AvgIpc) is 2.54. The van der Waals surface area contributed by atoms with E-state index in [-0.39, 0.29) is 0 Å². The van der Waals surface area contributed by atoms with Gasteiger partial charge in [-0.1, -0.05) is 37.8 Å². The average molecular weight is 337 g/mol. The minimum Gasteiger partial charge on any atom is -0.391 e. The molecular formula is C16H20F5NO. The van der Waals surface area contributed by atoms with Crippen LogP contribution >= 0.6 is 0 Å². The molecule has 2 nitrogen and oxygen atoms in total. The molecule has 0 bridgehead atoms. The lowest BCUT2D eigenvalue weighted by Gasteiger charge is -2.07. The molecule has 23 heavy (non-hydrogen) atoms. The van der Waals surface area contributed by atoms with Crippen LogP contribution in [0.25, 0.3) is 0 Å². The Bertz CT molecular complexity index is 531. The minimum atomic E-state index is -2.18. The van der Waals surface area contributed by atoms with E-state index in [4.69, 9.17) is 4.84 Å². The maximum absolute atomic E-state index is 13.4. The van der Waals surface area contributed by atoms with Crippen LogP contribution in [0.1, 0.15) is 57.9 Å². The third-order valence-corrected chi connectivity index (χ3v) is 3.37. The van der Waals surface area contributed by atoms with E-state index in [1.807, 2.05) is 0 Å². The van der Waals surface area contributed by atoms with E-state index < -0.39 is 41.3 Å². The second-order valence-corrected chi connectivity index (χ2v) is 5.31. The first-order chi connectivity index (χ1) is 10.9. The Hall–Kier alpha value is -1.66. The molecule has 1 rings (SSSR count). The van der Waals surface area contributed by atoms with Gasteiger partial charge < -0.3 is 4.84 Å². The molecule has 0 aliphatic rings. The van der Waals surface area contributed by atoms with Crippen LogP contribution < -0.4 is 0 Å². The summed E-state index contributed by atoms with van der Waals surface area (Å²) in [5.41, 5.74) is -0.425. The Balaban J connectivity index is 2.57. The maximum Gasteiger partial charge on any atom is 0.200 e. The van der Waals surface area contributed by atoms with Gasteiger partial charge >= 0.3 is 0 Å². The number of unbranched alkanes of at least 4 members (excludes halogenated alkanes) is 4. The van der Waals surface area contributed by atoms with Crippen molar-refractivity contribution in [3.8, 4) is 0 Å². The highest BCUT2D eigenvalue weighted by molar-refractivity contribution is 5.81. The third-order valence-electron chi connectivity index (χ3n) is 3.37. The topological polar surface area (TPSA) is 21.6 Å². The molecule has 0 heterocycles. The number of hydrogen-bond acceptors (Lipinski definition) is 2. The summed E-state index contributed by atoms with van der Waals surface area (Å²) >= 11 is 0. The Labute approximate surface area is 132 Å². The van der Waals surface area contributed by atoms with Crippen LogP contribution in [-0.4, -0.2) is 5.71 Å². The summed E-state index contributed by atoms with van der Waals surface area (Å²) in [7, 11) is 0. The van der Waals surface area contributed by atoms with E-state index >= 15 is 0 Å². The van der Waals surface area contributed by atoms with Gasteiger partial charge in [-0.05, 0) is 19.8 Å². The summed E-state index contributed by atoms with van der Waals surface area (Å²) in [5, 5.41) is 3.65. The van der Waals surface area contributed by atoms with Gasteiger partial charge in [0.25, 0.3) is 0 Å². The predicted octanol–water partition coefficient (Wildman–Crippen LogP) is 5.64. The summed E-state index contributed by atoms with van der Waals surface area (Å²) in [5.74, 6) is -9.95. The number of rotatable bonds is 9.